The van der Waals surface area contributed by atoms with E-state index in [9.17, 15) is 0 Å². The van der Waals surface area contributed by atoms with E-state index < -0.39 is 0 Å². The molecule has 0 aromatic carbocycles. The number of rotatable bonds is 10. The fraction of sp³-hybridized carbons (Fsp3) is 0.750. The Morgan fingerprint density at radius 2 is 2.23 bits per heavy atom. The first-order valence-electron chi connectivity index (χ1n) is 10.1. The van der Waals surface area contributed by atoms with Gasteiger partial charge in [0.2, 0.25) is 0 Å². The molecule has 26 heavy (non-hydrogen) atoms. The fourth-order valence-electron chi connectivity index (χ4n) is 3.40. The quantitative estimate of drug-likeness (QED) is 0.386. The van der Waals surface area contributed by atoms with Crippen molar-refractivity contribution in [3.05, 3.63) is 22.4 Å². The summed E-state index contributed by atoms with van der Waals surface area (Å²) in [6.45, 7) is 8.81. The van der Waals surface area contributed by atoms with E-state index in [-0.39, 0.29) is 0 Å². The standard InChI is InChI=1S/C20H34N4OS/c1-3-21-20(23(2)12-13-25-16-17-8-9-17)22-15-18(19-7-6-14-26-19)24-10-4-5-11-24/h6-7,14,17-18H,3-5,8-13,15-16H2,1-2H3,(H,21,22). The van der Waals surface area contributed by atoms with Crippen molar-refractivity contribution in [2.75, 3.05) is 53.0 Å². The first-order chi connectivity index (χ1) is 12.8. The topological polar surface area (TPSA) is 40.1 Å². The molecule has 0 spiro atoms. The lowest BCUT2D eigenvalue weighted by molar-refractivity contribution is 0.115. The Balaban J connectivity index is 1.56. The molecule has 1 aromatic heterocycles. The summed E-state index contributed by atoms with van der Waals surface area (Å²) in [6.07, 6.45) is 5.31. The van der Waals surface area contributed by atoms with Gasteiger partial charge in [0.05, 0.1) is 19.2 Å². The zero-order valence-corrected chi connectivity index (χ0v) is 17.1. The van der Waals surface area contributed by atoms with Crippen LogP contribution in [0.3, 0.4) is 0 Å². The minimum Gasteiger partial charge on any atom is -0.379 e. The smallest absolute Gasteiger partial charge is 0.193 e. The average Bonchev–Trinajstić information content (AvgIpc) is 3.10. The number of nitrogens with zero attached hydrogens (tertiary/aromatic N) is 3. The van der Waals surface area contributed by atoms with E-state index in [0.717, 1.165) is 44.7 Å². The summed E-state index contributed by atoms with van der Waals surface area (Å²) in [5.74, 6) is 1.82. The minimum absolute atomic E-state index is 0.408. The molecule has 146 valence electrons. The van der Waals surface area contributed by atoms with Crippen molar-refractivity contribution < 1.29 is 4.74 Å². The number of aliphatic imine (C=N–C) groups is 1. The third-order valence-electron chi connectivity index (χ3n) is 5.18. The van der Waals surface area contributed by atoms with Crippen LogP contribution in [0.2, 0.25) is 0 Å². The van der Waals surface area contributed by atoms with Gasteiger partial charge < -0.3 is 15.0 Å². The largest absolute Gasteiger partial charge is 0.379 e. The molecule has 1 unspecified atom stereocenters. The molecule has 0 amide bonds. The Morgan fingerprint density at radius 3 is 2.88 bits per heavy atom. The van der Waals surface area contributed by atoms with Gasteiger partial charge in [0.1, 0.15) is 0 Å². The molecule has 0 radical (unpaired) electrons. The molecule has 0 bridgehead atoms. The van der Waals surface area contributed by atoms with Crippen LogP contribution in [0.1, 0.15) is 43.5 Å². The monoisotopic (exact) mass is 378 g/mol. The zero-order valence-electron chi connectivity index (χ0n) is 16.3. The van der Waals surface area contributed by atoms with Crippen LogP contribution in [0.4, 0.5) is 0 Å². The van der Waals surface area contributed by atoms with E-state index in [1.807, 2.05) is 11.3 Å². The molecule has 1 N–H and O–H groups in total. The van der Waals surface area contributed by atoms with Gasteiger partial charge in [-0.15, -0.1) is 11.3 Å². The summed E-state index contributed by atoms with van der Waals surface area (Å²) < 4.78 is 5.79. The van der Waals surface area contributed by atoms with Gasteiger partial charge in [-0.05, 0) is 63.1 Å². The third-order valence-corrected chi connectivity index (χ3v) is 6.16. The molecule has 3 rings (SSSR count). The van der Waals surface area contributed by atoms with Crippen LogP contribution in [0.5, 0.6) is 0 Å². The highest BCUT2D eigenvalue weighted by Crippen LogP contribution is 2.29. The Labute approximate surface area is 162 Å². The van der Waals surface area contributed by atoms with Crippen molar-refractivity contribution in [1.29, 1.82) is 0 Å². The molecule has 6 heteroatoms. The van der Waals surface area contributed by atoms with Gasteiger partial charge in [-0.25, -0.2) is 0 Å². The summed E-state index contributed by atoms with van der Waals surface area (Å²) in [4.78, 5) is 11.2. The van der Waals surface area contributed by atoms with E-state index in [4.69, 9.17) is 9.73 Å². The number of likely N-dealkylation sites (tertiary alicyclic amines) is 1. The number of nitrogens with one attached hydrogen (secondary N) is 1. The zero-order chi connectivity index (χ0) is 18.2. The molecular formula is C20H34N4OS. The van der Waals surface area contributed by atoms with Crippen LogP contribution in [0.25, 0.3) is 0 Å². The van der Waals surface area contributed by atoms with Crippen molar-refractivity contribution in [3.8, 4) is 0 Å². The summed E-state index contributed by atoms with van der Waals surface area (Å²) in [5, 5.41) is 5.62. The second-order valence-corrected chi connectivity index (χ2v) is 8.39. The number of hydrogen-bond donors (Lipinski definition) is 1. The second-order valence-electron chi connectivity index (χ2n) is 7.41. The van der Waals surface area contributed by atoms with Crippen molar-refractivity contribution in [3.63, 3.8) is 0 Å². The third kappa shape index (κ3) is 5.96. The molecule has 1 aliphatic heterocycles. The molecule has 1 atom stereocenters. The SMILES string of the molecule is CCNC(=NCC(c1cccs1)N1CCCC1)N(C)CCOCC1CC1. The fourth-order valence-corrected chi connectivity index (χ4v) is 4.26. The minimum atomic E-state index is 0.408. The number of ether oxygens (including phenoxy) is 1. The van der Waals surface area contributed by atoms with Crippen LogP contribution >= 0.6 is 11.3 Å². The molecule has 2 heterocycles. The first-order valence-corrected chi connectivity index (χ1v) is 11.0. The van der Waals surface area contributed by atoms with Crippen molar-refractivity contribution in [2.24, 2.45) is 10.9 Å². The molecule has 2 aliphatic rings. The maximum absolute atomic E-state index is 5.79. The molecule has 5 nitrogen and oxygen atoms in total. The van der Waals surface area contributed by atoms with Crippen molar-refractivity contribution in [1.82, 2.24) is 15.1 Å². The molecule has 1 aliphatic carbocycles. The summed E-state index contributed by atoms with van der Waals surface area (Å²) >= 11 is 1.85. The van der Waals surface area contributed by atoms with E-state index in [1.54, 1.807) is 0 Å². The van der Waals surface area contributed by atoms with Crippen LogP contribution in [0, 0.1) is 5.92 Å². The molecule has 2 fully saturated rings. The number of likely N-dealkylation sites (N-methyl/N-ethyl adjacent to an activating group) is 1. The maximum atomic E-state index is 5.79. The Morgan fingerprint density at radius 1 is 1.42 bits per heavy atom. The number of thiophene rings is 1. The second kappa shape index (κ2) is 10.3. The Kier molecular flexibility index (Phi) is 7.77. The number of hydrogen-bond acceptors (Lipinski definition) is 4. The molecule has 1 saturated heterocycles. The predicted octanol–water partition coefficient (Wildman–Crippen LogP) is 3.21. The Bertz CT molecular complexity index is 538. The lowest BCUT2D eigenvalue weighted by Crippen LogP contribution is -2.41. The molecule has 1 saturated carbocycles. The predicted molar refractivity (Wildman–Crippen MR) is 110 cm³/mol. The van der Waals surface area contributed by atoms with E-state index in [1.165, 1.54) is 43.6 Å². The Hall–Kier alpha value is -1.11. The van der Waals surface area contributed by atoms with Crippen molar-refractivity contribution in [2.45, 2.75) is 38.6 Å². The van der Waals surface area contributed by atoms with Crippen LogP contribution in [-0.4, -0.2) is 68.7 Å². The normalized spacial score (nSPS) is 19.7. The highest BCUT2D eigenvalue weighted by atomic mass is 32.1. The van der Waals surface area contributed by atoms with Crippen LogP contribution in [-0.2, 0) is 4.74 Å². The van der Waals surface area contributed by atoms with Crippen LogP contribution < -0.4 is 5.32 Å². The number of guanidine groups is 1. The highest BCUT2D eigenvalue weighted by Gasteiger charge is 2.24. The van der Waals surface area contributed by atoms with E-state index in [2.05, 4.69) is 46.6 Å². The molecule has 1 aromatic rings. The van der Waals surface area contributed by atoms with Gasteiger partial charge >= 0.3 is 0 Å². The average molecular weight is 379 g/mol. The van der Waals surface area contributed by atoms with Gasteiger partial charge in [-0.2, -0.15) is 0 Å². The lowest BCUT2D eigenvalue weighted by Gasteiger charge is -2.27. The van der Waals surface area contributed by atoms with Gasteiger partial charge in [-0.1, -0.05) is 6.07 Å². The van der Waals surface area contributed by atoms with E-state index in [0.29, 0.717) is 6.04 Å². The molecular weight excluding hydrogens is 344 g/mol. The highest BCUT2D eigenvalue weighted by molar-refractivity contribution is 7.10. The van der Waals surface area contributed by atoms with Crippen LogP contribution in [0.15, 0.2) is 22.5 Å². The van der Waals surface area contributed by atoms with Gasteiger partial charge in [-0.3, -0.25) is 9.89 Å². The van der Waals surface area contributed by atoms with Gasteiger partial charge in [0, 0.05) is 31.6 Å². The van der Waals surface area contributed by atoms with Gasteiger partial charge in [0.25, 0.3) is 0 Å². The van der Waals surface area contributed by atoms with E-state index >= 15 is 0 Å². The van der Waals surface area contributed by atoms with Crippen molar-refractivity contribution >= 4 is 17.3 Å². The lowest BCUT2D eigenvalue weighted by atomic mass is 10.2. The first kappa shape index (κ1) is 19.6. The summed E-state index contributed by atoms with van der Waals surface area (Å²) in [6, 6.07) is 4.82. The summed E-state index contributed by atoms with van der Waals surface area (Å²) in [5.41, 5.74) is 0. The summed E-state index contributed by atoms with van der Waals surface area (Å²) in [7, 11) is 2.11. The van der Waals surface area contributed by atoms with Gasteiger partial charge in [0.15, 0.2) is 5.96 Å². The maximum Gasteiger partial charge on any atom is 0.193 e.